The van der Waals surface area contributed by atoms with Gasteiger partial charge in [-0.2, -0.15) is 5.26 Å². The molecule has 1 aliphatic rings. The summed E-state index contributed by atoms with van der Waals surface area (Å²) < 4.78 is 0. The summed E-state index contributed by atoms with van der Waals surface area (Å²) in [6.07, 6.45) is 4.99. The van der Waals surface area contributed by atoms with Gasteiger partial charge >= 0.3 is 5.97 Å². The van der Waals surface area contributed by atoms with E-state index in [0.717, 1.165) is 38.8 Å². The Balaban J connectivity index is 2.43. The van der Waals surface area contributed by atoms with Crippen LogP contribution in [0.5, 0.6) is 0 Å². The van der Waals surface area contributed by atoms with Gasteiger partial charge in [0.1, 0.15) is 0 Å². The van der Waals surface area contributed by atoms with Gasteiger partial charge in [-0.25, -0.2) is 0 Å². The van der Waals surface area contributed by atoms with Gasteiger partial charge < -0.3 is 10.0 Å². The highest BCUT2D eigenvalue weighted by Crippen LogP contribution is 2.33. The summed E-state index contributed by atoms with van der Waals surface area (Å²) in [7, 11) is 0. The maximum absolute atomic E-state index is 11.4. The molecule has 1 fully saturated rings. The Hall–Kier alpha value is -1.08. The van der Waals surface area contributed by atoms with Crippen molar-refractivity contribution in [3.8, 4) is 6.07 Å². The summed E-state index contributed by atoms with van der Waals surface area (Å²) in [6.45, 7) is 4.57. The number of nitrogens with zero attached hydrogens (tertiary/aromatic N) is 2. The molecule has 0 spiro atoms. The van der Waals surface area contributed by atoms with Gasteiger partial charge in [0.25, 0.3) is 0 Å². The van der Waals surface area contributed by atoms with Crippen LogP contribution >= 0.6 is 0 Å². The highest BCUT2D eigenvalue weighted by Gasteiger charge is 2.40. The monoisotopic (exact) mass is 238 g/mol. The Morgan fingerprint density at radius 1 is 1.53 bits per heavy atom. The van der Waals surface area contributed by atoms with Crippen LogP contribution < -0.4 is 0 Å². The first-order valence-electron chi connectivity index (χ1n) is 6.47. The second-order valence-electron chi connectivity index (χ2n) is 4.93. The topological polar surface area (TPSA) is 64.3 Å². The van der Waals surface area contributed by atoms with Crippen LogP contribution in [0.25, 0.3) is 0 Å². The summed E-state index contributed by atoms with van der Waals surface area (Å²) in [5.74, 6) is -0.651. The normalized spacial score (nSPS) is 25.4. The van der Waals surface area contributed by atoms with Crippen LogP contribution in [0.2, 0.25) is 0 Å². The number of likely N-dealkylation sites (tertiary alicyclic amines) is 1. The van der Waals surface area contributed by atoms with Gasteiger partial charge in [0.05, 0.1) is 11.5 Å². The number of aliphatic carboxylic acids is 1. The van der Waals surface area contributed by atoms with Crippen LogP contribution in [0.1, 0.15) is 45.4 Å². The number of carbonyl (C=O) groups is 1. The van der Waals surface area contributed by atoms with E-state index in [0.29, 0.717) is 19.4 Å². The average Bonchev–Trinajstić information content (AvgIpc) is 2.34. The summed E-state index contributed by atoms with van der Waals surface area (Å²) in [6, 6.07) is 2.14. The minimum atomic E-state index is -0.651. The lowest BCUT2D eigenvalue weighted by molar-refractivity contribution is -0.152. The molecule has 0 aromatic rings. The van der Waals surface area contributed by atoms with Crippen LogP contribution in [0.15, 0.2) is 0 Å². The molecule has 0 saturated carbocycles. The molecule has 0 amide bonds. The summed E-state index contributed by atoms with van der Waals surface area (Å²) >= 11 is 0. The molecule has 1 saturated heterocycles. The Kier molecular flexibility index (Phi) is 5.43. The standard InChI is InChI=1S/C13H22N2O2/c1-2-13(12(16)17)7-6-10-15(11-13)9-5-3-4-8-14/h2-7,9-11H2,1H3,(H,16,17). The molecule has 17 heavy (non-hydrogen) atoms. The minimum absolute atomic E-state index is 0.534. The lowest BCUT2D eigenvalue weighted by Gasteiger charge is -2.39. The van der Waals surface area contributed by atoms with Crippen LogP contribution in [0, 0.1) is 16.7 Å². The van der Waals surface area contributed by atoms with E-state index in [9.17, 15) is 9.90 Å². The number of carboxylic acid groups (broad SMARTS) is 1. The second kappa shape index (κ2) is 6.61. The Morgan fingerprint density at radius 2 is 2.29 bits per heavy atom. The van der Waals surface area contributed by atoms with Crippen molar-refractivity contribution in [1.82, 2.24) is 4.90 Å². The van der Waals surface area contributed by atoms with E-state index >= 15 is 0 Å². The third-order valence-corrected chi connectivity index (χ3v) is 3.80. The number of hydrogen-bond donors (Lipinski definition) is 1. The molecule has 1 heterocycles. The average molecular weight is 238 g/mol. The summed E-state index contributed by atoms with van der Waals surface area (Å²) in [4.78, 5) is 13.6. The van der Waals surface area contributed by atoms with Gasteiger partial charge in [-0.15, -0.1) is 0 Å². The zero-order valence-electron chi connectivity index (χ0n) is 10.6. The third-order valence-electron chi connectivity index (χ3n) is 3.80. The summed E-state index contributed by atoms with van der Waals surface area (Å²) in [5, 5.41) is 17.8. The first-order chi connectivity index (χ1) is 8.14. The van der Waals surface area contributed by atoms with Gasteiger partial charge in [0, 0.05) is 13.0 Å². The van der Waals surface area contributed by atoms with Crippen molar-refractivity contribution in [1.29, 1.82) is 5.26 Å². The molecule has 0 aliphatic carbocycles. The maximum atomic E-state index is 11.4. The van der Waals surface area contributed by atoms with Gasteiger partial charge in [-0.3, -0.25) is 4.79 Å². The van der Waals surface area contributed by atoms with Crippen molar-refractivity contribution in [2.24, 2.45) is 5.41 Å². The Bertz CT molecular complexity index is 298. The van der Waals surface area contributed by atoms with Crippen LogP contribution in [0.4, 0.5) is 0 Å². The first-order valence-corrected chi connectivity index (χ1v) is 6.47. The molecule has 0 radical (unpaired) electrons. The van der Waals surface area contributed by atoms with E-state index < -0.39 is 11.4 Å². The first kappa shape index (κ1) is 14.0. The molecule has 96 valence electrons. The molecule has 0 bridgehead atoms. The van der Waals surface area contributed by atoms with E-state index in [4.69, 9.17) is 5.26 Å². The zero-order valence-corrected chi connectivity index (χ0v) is 10.6. The highest BCUT2D eigenvalue weighted by atomic mass is 16.4. The zero-order chi connectivity index (χ0) is 12.7. The minimum Gasteiger partial charge on any atom is -0.481 e. The number of hydrogen-bond acceptors (Lipinski definition) is 3. The molecule has 4 heteroatoms. The molecular weight excluding hydrogens is 216 g/mol. The maximum Gasteiger partial charge on any atom is 0.310 e. The Morgan fingerprint density at radius 3 is 2.88 bits per heavy atom. The molecule has 1 aliphatic heterocycles. The number of piperidine rings is 1. The SMILES string of the molecule is CCC1(C(=O)O)CCCN(CCCCC#N)C1. The molecule has 0 aromatic heterocycles. The smallest absolute Gasteiger partial charge is 0.310 e. The molecule has 0 aromatic carbocycles. The predicted molar refractivity (Wildman–Crippen MR) is 65.5 cm³/mol. The van der Waals surface area contributed by atoms with E-state index in [1.54, 1.807) is 0 Å². The molecule has 1 rings (SSSR count). The quantitative estimate of drug-likeness (QED) is 0.721. The van der Waals surface area contributed by atoms with Crippen LogP contribution in [0.3, 0.4) is 0 Å². The van der Waals surface area contributed by atoms with Crippen molar-refractivity contribution in [3.05, 3.63) is 0 Å². The third kappa shape index (κ3) is 3.71. The lowest BCUT2D eigenvalue weighted by Crippen LogP contribution is -2.47. The molecule has 1 atom stereocenters. The second-order valence-corrected chi connectivity index (χ2v) is 4.93. The molecule has 4 nitrogen and oxygen atoms in total. The van der Waals surface area contributed by atoms with Crippen LogP contribution in [-0.4, -0.2) is 35.6 Å². The van der Waals surface area contributed by atoms with Crippen molar-refractivity contribution in [2.45, 2.75) is 45.4 Å². The van der Waals surface area contributed by atoms with E-state index in [1.807, 2.05) is 6.92 Å². The van der Waals surface area contributed by atoms with Gasteiger partial charge in [0.2, 0.25) is 0 Å². The van der Waals surface area contributed by atoms with Crippen molar-refractivity contribution < 1.29 is 9.90 Å². The fourth-order valence-electron chi connectivity index (χ4n) is 2.57. The lowest BCUT2D eigenvalue weighted by atomic mass is 9.77. The van der Waals surface area contributed by atoms with Gasteiger partial charge in [-0.05, 0) is 45.2 Å². The molecule has 1 unspecified atom stereocenters. The fourth-order valence-corrected chi connectivity index (χ4v) is 2.57. The number of carboxylic acids is 1. The number of rotatable bonds is 6. The molecular formula is C13H22N2O2. The van der Waals surface area contributed by atoms with E-state index in [2.05, 4.69) is 11.0 Å². The number of unbranched alkanes of at least 4 members (excludes halogenated alkanes) is 2. The number of nitriles is 1. The van der Waals surface area contributed by atoms with Gasteiger partial charge in [-0.1, -0.05) is 6.92 Å². The van der Waals surface area contributed by atoms with Crippen molar-refractivity contribution in [3.63, 3.8) is 0 Å². The fraction of sp³-hybridized carbons (Fsp3) is 0.846. The molecule has 1 N–H and O–H groups in total. The van der Waals surface area contributed by atoms with E-state index in [1.165, 1.54) is 0 Å². The largest absolute Gasteiger partial charge is 0.481 e. The van der Waals surface area contributed by atoms with E-state index in [-0.39, 0.29) is 0 Å². The summed E-state index contributed by atoms with van der Waals surface area (Å²) in [5.41, 5.74) is -0.534. The van der Waals surface area contributed by atoms with Crippen molar-refractivity contribution in [2.75, 3.05) is 19.6 Å². The van der Waals surface area contributed by atoms with Gasteiger partial charge in [0.15, 0.2) is 0 Å². The highest BCUT2D eigenvalue weighted by molar-refractivity contribution is 5.75. The van der Waals surface area contributed by atoms with Crippen molar-refractivity contribution >= 4 is 5.97 Å². The Labute approximate surface area is 103 Å². The predicted octanol–water partition coefficient (Wildman–Crippen LogP) is 2.26. The van der Waals surface area contributed by atoms with Crippen LogP contribution in [-0.2, 0) is 4.79 Å².